The van der Waals surface area contributed by atoms with Gasteiger partial charge in [-0.2, -0.15) is 0 Å². The highest BCUT2D eigenvalue weighted by molar-refractivity contribution is 5.92. The van der Waals surface area contributed by atoms with Crippen LogP contribution in [0.4, 0.5) is 0 Å². The summed E-state index contributed by atoms with van der Waals surface area (Å²) in [5.41, 5.74) is 1.99. The predicted molar refractivity (Wildman–Crippen MR) is 101 cm³/mol. The number of nitrogens with zero attached hydrogens (tertiary/aromatic N) is 2. The maximum atomic E-state index is 13.1. The van der Waals surface area contributed by atoms with Gasteiger partial charge in [-0.1, -0.05) is 13.0 Å². The summed E-state index contributed by atoms with van der Waals surface area (Å²) in [6, 6.07) is 6.83. The molecule has 2 N–H and O–H groups in total. The van der Waals surface area contributed by atoms with Crippen molar-refractivity contribution in [2.24, 2.45) is 0 Å². The number of aryl methyl sites for hydroxylation is 1. The quantitative estimate of drug-likeness (QED) is 0.492. The fraction of sp³-hybridized carbons (Fsp3) is 0.286. The molecule has 2 aliphatic rings. The van der Waals surface area contributed by atoms with E-state index in [1.165, 1.54) is 0 Å². The summed E-state index contributed by atoms with van der Waals surface area (Å²) >= 11 is 0. The Balaban J connectivity index is 1.85. The highest BCUT2D eigenvalue weighted by Gasteiger charge is 2.45. The minimum absolute atomic E-state index is 0.104. The molecule has 0 unspecified atom stereocenters. The maximum absolute atomic E-state index is 13.1. The molecule has 7 heteroatoms. The van der Waals surface area contributed by atoms with Gasteiger partial charge in [0.2, 0.25) is 0 Å². The molecule has 5 rings (SSSR count). The first-order valence-electron chi connectivity index (χ1n) is 9.15. The molecule has 0 aliphatic carbocycles. The maximum Gasteiger partial charge on any atom is 0.343 e. The van der Waals surface area contributed by atoms with Crippen molar-refractivity contribution in [2.75, 3.05) is 0 Å². The fourth-order valence-corrected chi connectivity index (χ4v) is 4.34. The molecule has 0 radical (unpaired) electrons. The SMILES string of the molecule is CC[C@@]1(O)C(=O)OCc2c1cc1n(c2=O)Cc2c-1nc1cccc(O)c1c2C. The Morgan fingerprint density at radius 2 is 2.07 bits per heavy atom. The number of carbonyl (C=O) groups is 1. The average Bonchev–Trinajstić information content (AvgIpc) is 3.05. The third-order valence-electron chi connectivity index (χ3n) is 5.97. The number of pyridine rings is 2. The molecule has 3 aromatic rings. The van der Waals surface area contributed by atoms with Gasteiger partial charge in [-0.15, -0.1) is 0 Å². The molecule has 0 fully saturated rings. The van der Waals surface area contributed by atoms with Crippen molar-refractivity contribution in [3.8, 4) is 17.1 Å². The number of aliphatic hydroxyl groups is 1. The van der Waals surface area contributed by atoms with Crippen LogP contribution in [0.2, 0.25) is 0 Å². The monoisotopic (exact) mass is 378 g/mol. The number of carbonyl (C=O) groups excluding carboxylic acids is 1. The van der Waals surface area contributed by atoms with E-state index in [1.807, 2.05) is 6.92 Å². The van der Waals surface area contributed by atoms with Crippen molar-refractivity contribution in [2.45, 2.75) is 39.0 Å². The molecule has 0 bridgehead atoms. The molecule has 2 aliphatic heterocycles. The van der Waals surface area contributed by atoms with Crippen LogP contribution >= 0.6 is 0 Å². The van der Waals surface area contributed by atoms with E-state index in [2.05, 4.69) is 4.98 Å². The van der Waals surface area contributed by atoms with Gasteiger partial charge in [0.1, 0.15) is 12.4 Å². The van der Waals surface area contributed by atoms with E-state index in [0.29, 0.717) is 40.0 Å². The first-order valence-corrected chi connectivity index (χ1v) is 9.15. The fourth-order valence-electron chi connectivity index (χ4n) is 4.34. The van der Waals surface area contributed by atoms with Crippen LogP contribution in [0.5, 0.6) is 5.75 Å². The van der Waals surface area contributed by atoms with Crippen molar-refractivity contribution in [3.63, 3.8) is 0 Å². The first-order chi connectivity index (χ1) is 13.4. The zero-order valence-corrected chi connectivity index (χ0v) is 15.4. The Kier molecular flexibility index (Phi) is 3.28. The molecule has 0 amide bonds. The summed E-state index contributed by atoms with van der Waals surface area (Å²) in [6.45, 7) is 3.74. The molecule has 4 heterocycles. The van der Waals surface area contributed by atoms with Crippen molar-refractivity contribution in [1.82, 2.24) is 9.55 Å². The average molecular weight is 378 g/mol. The van der Waals surface area contributed by atoms with Crippen molar-refractivity contribution in [1.29, 1.82) is 0 Å². The number of ether oxygens (including phenoxy) is 1. The molecule has 28 heavy (non-hydrogen) atoms. The van der Waals surface area contributed by atoms with Crippen LogP contribution in [-0.2, 0) is 28.3 Å². The number of cyclic esters (lactones) is 1. The smallest absolute Gasteiger partial charge is 0.343 e. The standard InChI is InChI=1S/C21H18N2O5/c1-3-21(27)13-7-15-18-11(8-23(15)19(25)12(13)9-28-20(21)26)10(2)17-14(22-18)5-4-6-16(17)24/h4-7,24,27H,3,8-9H2,1-2H3/t21-/m0/s1. The number of hydrogen-bond donors (Lipinski definition) is 2. The summed E-state index contributed by atoms with van der Waals surface area (Å²) in [7, 11) is 0. The Labute approximate surface area is 159 Å². The third-order valence-corrected chi connectivity index (χ3v) is 5.97. The molecule has 1 atom stereocenters. The van der Waals surface area contributed by atoms with Crippen LogP contribution in [-0.4, -0.2) is 25.7 Å². The Morgan fingerprint density at radius 3 is 2.82 bits per heavy atom. The molecule has 142 valence electrons. The van der Waals surface area contributed by atoms with Gasteiger partial charge in [-0.3, -0.25) is 4.79 Å². The van der Waals surface area contributed by atoms with Gasteiger partial charge >= 0.3 is 5.97 Å². The lowest BCUT2D eigenvalue weighted by Gasteiger charge is -2.31. The second-order valence-electron chi connectivity index (χ2n) is 7.34. The Morgan fingerprint density at radius 1 is 1.29 bits per heavy atom. The summed E-state index contributed by atoms with van der Waals surface area (Å²) in [4.78, 5) is 30.0. The Hall–Kier alpha value is -3.19. The van der Waals surface area contributed by atoms with E-state index in [0.717, 1.165) is 11.1 Å². The third kappa shape index (κ3) is 1.94. The topological polar surface area (TPSA) is 102 Å². The van der Waals surface area contributed by atoms with Gasteiger partial charge in [0.05, 0.1) is 29.0 Å². The summed E-state index contributed by atoms with van der Waals surface area (Å²) in [6.07, 6.45) is 0.104. The zero-order chi connectivity index (χ0) is 19.8. The van der Waals surface area contributed by atoms with E-state index in [4.69, 9.17) is 4.74 Å². The van der Waals surface area contributed by atoms with Gasteiger partial charge < -0.3 is 19.5 Å². The van der Waals surface area contributed by atoms with Crippen molar-refractivity contribution >= 4 is 16.9 Å². The largest absolute Gasteiger partial charge is 0.507 e. The van der Waals surface area contributed by atoms with E-state index < -0.39 is 11.6 Å². The molecule has 0 saturated heterocycles. The van der Waals surface area contributed by atoms with E-state index in [1.54, 1.807) is 35.8 Å². The van der Waals surface area contributed by atoms with Crippen LogP contribution in [0.1, 0.15) is 35.6 Å². The van der Waals surface area contributed by atoms with Crippen molar-refractivity contribution < 1.29 is 19.7 Å². The molecular formula is C21H18N2O5. The number of phenols is 1. The van der Waals surface area contributed by atoms with Gasteiger partial charge in [0.15, 0.2) is 5.60 Å². The molecule has 1 aromatic carbocycles. The van der Waals surface area contributed by atoms with Crippen LogP contribution in [0.15, 0.2) is 29.1 Å². The minimum Gasteiger partial charge on any atom is -0.507 e. The van der Waals surface area contributed by atoms with Crippen LogP contribution < -0.4 is 5.56 Å². The lowest BCUT2D eigenvalue weighted by Crippen LogP contribution is -2.44. The second kappa shape index (κ2) is 5.42. The lowest BCUT2D eigenvalue weighted by molar-refractivity contribution is -0.172. The number of phenolic OH excluding ortho intramolecular Hbond substituents is 1. The van der Waals surface area contributed by atoms with Gasteiger partial charge in [-0.25, -0.2) is 9.78 Å². The van der Waals surface area contributed by atoms with E-state index in [-0.39, 0.29) is 24.3 Å². The number of fused-ring (bicyclic) bond motifs is 5. The Bertz CT molecular complexity index is 1260. The van der Waals surface area contributed by atoms with Gasteiger partial charge in [-0.05, 0) is 37.1 Å². The summed E-state index contributed by atoms with van der Waals surface area (Å²) in [5.74, 6) is -0.593. The number of hydrogen-bond acceptors (Lipinski definition) is 6. The number of rotatable bonds is 1. The van der Waals surface area contributed by atoms with Gasteiger partial charge in [0.25, 0.3) is 5.56 Å². The highest BCUT2D eigenvalue weighted by atomic mass is 16.6. The summed E-state index contributed by atoms with van der Waals surface area (Å²) < 4.78 is 6.67. The molecule has 0 saturated carbocycles. The number of esters is 1. The molecule has 7 nitrogen and oxygen atoms in total. The number of aromatic nitrogens is 2. The number of aromatic hydroxyl groups is 1. The zero-order valence-electron chi connectivity index (χ0n) is 15.4. The summed E-state index contributed by atoms with van der Waals surface area (Å²) in [5, 5.41) is 21.8. The van der Waals surface area contributed by atoms with E-state index >= 15 is 0 Å². The highest BCUT2D eigenvalue weighted by Crippen LogP contribution is 2.41. The van der Waals surface area contributed by atoms with Crippen molar-refractivity contribution in [3.05, 3.63) is 56.9 Å². The lowest BCUT2D eigenvalue weighted by atomic mass is 9.86. The molecule has 0 spiro atoms. The van der Waals surface area contributed by atoms with Crippen LogP contribution in [0.25, 0.3) is 22.3 Å². The molecule has 2 aromatic heterocycles. The normalized spacial score (nSPS) is 19.9. The van der Waals surface area contributed by atoms with Crippen LogP contribution in [0, 0.1) is 6.92 Å². The van der Waals surface area contributed by atoms with E-state index in [9.17, 15) is 19.8 Å². The minimum atomic E-state index is -1.84. The predicted octanol–water partition coefficient (Wildman–Crippen LogP) is 2.09. The van der Waals surface area contributed by atoms with Crippen LogP contribution in [0.3, 0.4) is 0 Å². The van der Waals surface area contributed by atoms with Gasteiger partial charge in [0, 0.05) is 16.5 Å². The molecular weight excluding hydrogens is 360 g/mol. The second-order valence-corrected chi connectivity index (χ2v) is 7.34. The number of benzene rings is 1. The first kappa shape index (κ1) is 16.9.